The molecule has 96 valence electrons. The summed E-state index contributed by atoms with van der Waals surface area (Å²) in [7, 11) is 0. The summed E-state index contributed by atoms with van der Waals surface area (Å²) >= 11 is 1.42. The quantitative estimate of drug-likeness (QED) is 0.790. The van der Waals surface area contributed by atoms with Gasteiger partial charge in [0, 0.05) is 13.0 Å². The second-order valence-electron chi connectivity index (χ2n) is 3.98. The molecule has 6 heteroatoms. The van der Waals surface area contributed by atoms with Gasteiger partial charge in [0.15, 0.2) is 5.13 Å². The standard InChI is InChI=1S/C12H14FN3OS/c13-8-4-5-9-10(7-8)18-12(16-9)15-6-2-1-3-11(14)17/h4-5,7H,1-3,6H2,(H2,14,17)(H,15,16). The Labute approximate surface area is 108 Å². The van der Waals surface area contributed by atoms with Crippen LogP contribution in [0.3, 0.4) is 0 Å². The van der Waals surface area contributed by atoms with E-state index in [4.69, 9.17) is 5.73 Å². The molecular weight excluding hydrogens is 253 g/mol. The molecular formula is C12H14FN3OS. The van der Waals surface area contributed by atoms with Crippen molar-refractivity contribution in [3.8, 4) is 0 Å². The van der Waals surface area contributed by atoms with Gasteiger partial charge in [-0.2, -0.15) is 0 Å². The number of anilines is 1. The van der Waals surface area contributed by atoms with E-state index < -0.39 is 0 Å². The van der Waals surface area contributed by atoms with E-state index >= 15 is 0 Å². The number of thiazole rings is 1. The Balaban J connectivity index is 1.86. The number of hydrogen-bond acceptors (Lipinski definition) is 4. The molecule has 1 amide bonds. The van der Waals surface area contributed by atoms with Gasteiger partial charge < -0.3 is 11.1 Å². The lowest BCUT2D eigenvalue weighted by Gasteiger charge is -2.00. The molecule has 4 nitrogen and oxygen atoms in total. The van der Waals surface area contributed by atoms with Gasteiger partial charge in [-0.05, 0) is 31.0 Å². The van der Waals surface area contributed by atoms with Crippen molar-refractivity contribution < 1.29 is 9.18 Å². The van der Waals surface area contributed by atoms with E-state index in [1.165, 1.54) is 23.5 Å². The summed E-state index contributed by atoms with van der Waals surface area (Å²) in [6.45, 7) is 0.732. The van der Waals surface area contributed by atoms with Crippen LogP contribution in [-0.2, 0) is 4.79 Å². The van der Waals surface area contributed by atoms with Crippen LogP contribution in [0.2, 0.25) is 0 Å². The monoisotopic (exact) mass is 267 g/mol. The van der Waals surface area contributed by atoms with Crippen LogP contribution in [0.25, 0.3) is 10.2 Å². The third kappa shape index (κ3) is 3.40. The number of aromatic nitrogens is 1. The minimum atomic E-state index is -0.273. The van der Waals surface area contributed by atoms with Crippen molar-refractivity contribution in [2.24, 2.45) is 5.73 Å². The van der Waals surface area contributed by atoms with E-state index in [0.717, 1.165) is 34.7 Å². The predicted molar refractivity (Wildman–Crippen MR) is 71.1 cm³/mol. The van der Waals surface area contributed by atoms with E-state index in [0.29, 0.717) is 6.42 Å². The first-order valence-corrected chi connectivity index (χ1v) is 6.55. The van der Waals surface area contributed by atoms with Crippen LogP contribution in [0, 0.1) is 5.82 Å². The number of amides is 1. The highest BCUT2D eigenvalue weighted by molar-refractivity contribution is 7.22. The molecule has 0 bridgehead atoms. The Bertz CT molecular complexity index is 555. The number of unbranched alkanes of at least 4 members (excludes halogenated alkanes) is 1. The second-order valence-corrected chi connectivity index (χ2v) is 5.01. The fourth-order valence-corrected chi connectivity index (χ4v) is 2.51. The first kappa shape index (κ1) is 12.8. The summed E-state index contributed by atoms with van der Waals surface area (Å²) in [6.07, 6.45) is 2.03. The van der Waals surface area contributed by atoms with Gasteiger partial charge >= 0.3 is 0 Å². The van der Waals surface area contributed by atoms with Crippen LogP contribution in [0.5, 0.6) is 0 Å². The van der Waals surface area contributed by atoms with Crippen molar-refractivity contribution in [3.05, 3.63) is 24.0 Å². The molecule has 0 spiro atoms. The third-order valence-corrected chi connectivity index (χ3v) is 3.45. The SMILES string of the molecule is NC(=O)CCCCNc1nc2ccc(F)cc2s1. The summed E-state index contributed by atoms with van der Waals surface area (Å²) in [5.41, 5.74) is 5.84. The van der Waals surface area contributed by atoms with Crippen LogP contribution in [0.15, 0.2) is 18.2 Å². The smallest absolute Gasteiger partial charge is 0.217 e. The maximum atomic E-state index is 13.0. The van der Waals surface area contributed by atoms with Crippen molar-refractivity contribution in [1.29, 1.82) is 0 Å². The fraction of sp³-hybridized carbons (Fsp3) is 0.333. The number of rotatable bonds is 6. The lowest BCUT2D eigenvalue weighted by molar-refractivity contribution is -0.118. The molecule has 0 aliphatic heterocycles. The first-order valence-electron chi connectivity index (χ1n) is 5.73. The molecule has 3 N–H and O–H groups in total. The van der Waals surface area contributed by atoms with Crippen LogP contribution in [-0.4, -0.2) is 17.4 Å². The normalized spacial score (nSPS) is 10.7. The Morgan fingerprint density at radius 2 is 2.28 bits per heavy atom. The Morgan fingerprint density at radius 3 is 3.06 bits per heavy atom. The van der Waals surface area contributed by atoms with E-state index in [1.807, 2.05) is 0 Å². The Morgan fingerprint density at radius 1 is 1.44 bits per heavy atom. The maximum absolute atomic E-state index is 13.0. The van der Waals surface area contributed by atoms with Gasteiger partial charge in [-0.3, -0.25) is 4.79 Å². The van der Waals surface area contributed by atoms with Gasteiger partial charge in [0.2, 0.25) is 5.91 Å². The summed E-state index contributed by atoms with van der Waals surface area (Å²) < 4.78 is 13.8. The first-order chi connectivity index (χ1) is 8.65. The number of nitrogens with zero attached hydrogens (tertiary/aromatic N) is 1. The Kier molecular flexibility index (Phi) is 4.09. The minimum absolute atomic E-state index is 0.251. The number of nitrogens with one attached hydrogen (secondary N) is 1. The molecule has 0 fully saturated rings. The molecule has 1 aromatic heterocycles. The number of fused-ring (bicyclic) bond motifs is 1. The zero-order valence-corrected chi connectivity index (χ0v) is 10.6. The molecule has 0 saturated heterocycles. The molecule has 2 aromatic rings. The number of primary amides is 1. The number of benzene rings is 1. The molecule has 0 aliphatic carbocycles. The largest absolute Gasteiger partial charge is 0.370 e. The van der Waals surface area contributed by atoms with E-state index in [2.05, 4.69) is 10.3 Å². The maximum Gasteiger partial charge on any atom is 0.217 e. The Hall–Kier alpha value is -1.69. The fourth-order valence-electron chi connectivity index (χ4n) is 1.59. The zero-order chi connectivity index (χ0) is 13.0. The highest BCUT2D eigenvalue weighted by Crippen LogP contribution is 2.26. The average molecular weight is 267 g/mol. The van der Waals surface area contributed by atoms with Crippen LogP contribution in [0.4, 0.5) is 9.52 Å². The molecule has 0 radical (unpaired) electrons. The van der Waals surface area contributed by atoms with Crippen molar-refractivity contribution >= 4 is 32.6 Å². The van der Waals surface area contributed by atoms with E-state index in [9.17, 15) is 9.18 Å². The lowest BCUT2D eigenvalue weighted by Crippen LogP contribution is -2.10. The molecule has 2 rings (SSSR count). The molecule has 1 heterocycles. The van der Waals surface area contributed by atoms with Crippen LogP contribution >= 0.6 is 11.3 Å². The topological polar surface area (TPSA) is 68.0 Å². The highest BCUT2D eigenvalue weighted by Gasteiger charge is 2.04. The lowest BCUT2D eigenvalue weighted by atomic mass is 10.2. The summed E-state index contributed by atoms with van der Waals surface area (Å²) in [5, 5.41) is 3.93. The van der Waals surface area contributed by atoms with Crippen LogP contribution < -0.4 is 11.1 Å². The van der Waals surface area contributed by atoms with Gasteiger partial charge in [-0.25, -0.2) is 9.37 Å². The van der Waals surface area contributed by atoms with Gasteiger partial charge in [-0.1, -0.05) is 11.3 Å². The molecule has 0 saturated carbocycles. The number of carbonyl (C=O) groups is 1. The molecule has 1 aromatic carbocycles. The van der Waals surface area contributed by atoms with Crippen molar-refractivity contribution in [3.63, 3.8) is 0 Å². The van der Waals surface area contributed by atoms with Crippen molar-refractivity contribution in [1.82, 2.24) is 4.98 Å². The van der Waals surface area contributed by atoms with Crippen molar-refractivity contribution in [2.45, 2.75) is 19.3 Å². The number of halogens is 1. The average Bonchev–Trinajstić information content (AvgIpc) is 2.70. The van der Waals surface area contributed by atoms with Gasteiger partial charge in [0.1, 0.15) is 5.82 Å². The van der Waals surface area contributed by atoms with Crippen molar-refractivity contribution in [2.75, 3.05) is 11.9 Å². The predicted octanol–water partition coefficient (Wildman–Crippen LogP) is 2.50. The third-order valence-electron chi connectivity index (χ3n) is 2.48. The number of hydrogen-bond donors (Lipinski definition) is 2. The second kappa shape index (κ2) is 5.77. The summed E-state index contributed by atoms with van der Waals surface area (Å²) in [5.74, 6) is -0.523. The number of nitrogens with two attached hydrogens (primary N) is 1. The minimum Gasteiger partial charge on any atom is -0.370 e. The van der Waals surface area contributed by atoms with Crippen LogP contribution in [0.1, 0.15) is 19.3 Å². The summed E-state index contributed by atoms with van der Waals surface area (Å²) in [4.78, 5) is 14.9. The highest BCUT2D eigenvalue weighted by atomic mass is 32.1. The molecule has 0 atom stereocenters. The summed E-state index contributed by atoms with van der Waals surface area (Å²) in [6, 6.07) is 4.55. The van der Waals surface area contributed by atoms with E-state index in [-0.39, 0.29) is 11.7 Å². The molecule has 18 heavy (non-hydrogen) atoms. The number of carbonyl (C=O) groups excluding carboxylic acids is 1. The molecule has 0 unspecified atom stereocenters. The van der Waals surface area contributed by atoms with Gasteiger partial charge in [0.05, 0.1) is 10.2 Å². The van der Waals surface area contributed by atoms with E-state index in [1.54, 1.807) is 6.07 Å². The van der Waals surface area contributed by atoms with Gasteiger partial charge in [-0.15, -0.1) is 0 Å². The zero-order valence-electron chi connectivity index (χ0n) is 9.78. The van der Waals surface area contributed by atoms with Gasteiger partial charge in [0.25, 0.3) is 0 Å². The molecule has 0 aliphatic rings.